The average Bonchev–Trinajstić information content (AvgIpc) is 3.74. The highest BCUT2D eigenvalue weighted by atomic mass is 16.3. The highest BCUT2D eigenvalue weighted by Gasteiger charge is 2.35. The lowest BCUT2D eigenvalue weighted by Gasteiger charge is -2.29. The molecule has 4 nitrogen and oxygen atoms in total. The molecular weight excluding hydrogens is 659 g/mol. The van der Waals surface area contributed by atoms with Crippen molar-refractivity contribution in [3.8, 4) is 17.1 Å². The van der Waals surface area contributed by atoms with E-state index >= 15 is 0 Å². The van der Waals surface area contributed by atoms with Crippen LogP contribution in [0.25, 0.3) is 82.6 Å². The molecule has 4 heteroatoms. The van der Waals surface area contributed by atoms with E-state index in [1.165, 1.54) is 43.8 Å². The third kappa shape index (κ3) is 4.13. The first-order valence-electron chi connectivity index (χ1n) is 18.6. The summed E-state index contributed by atoms with van der Waals surface area (Å²) >= 11 is 0. The third-order valence-corrected chi connectivity index (χ3v) is 11.6. The zero-order chi connectivity index (χ0) is 35.3. The zero-order valence-corrected chi connectivity index (χ0v) is 29.1. The maximum Gasteiger partial charge on any atom is 0.165 e. The summed E-state index contributed by atoms with van der Waals surface area (Å²) in [6.07, 6.45) is 0. The normalized spacial score (nSPS) is 15.4. The van der Waals surface area contributed by atoms with E-state index < -0.39 is 0 Å². The van der Waals surface area contributed by atoms with Crippen molar-refractivity contribution in [2.45, 2.75) is 11.8 Å². The molecule has 2 unspecified atom stereocenters. The van der Waals surface area contributed by atoms with E-state index in [1.807, 2.05) is 30.3 Å². The molecule has 0 N–H and O–H groups in total. The standard InChI is InChI=1S/C50H31N3O/c1-3-13-30(14-4-1)44-36-19-11-17-32-26-28-41-48(46(32)36)47-37(45(44)31-15-5-2-6-16-31)20-12-23-40(47)53(41)50-49(51-38-21-8-9-22-39(38)52-50)33-25-27-35-34-18-7-10-24-42(34)54-43(35)29-33/h1-29,44-45H. The van der Waals surface area contributed by atoms with Gasteiger partial charge in [-0.05, 0) is 75.5 Å². The molecule has 12 rings (SSSR count). The number of hydrogen-bond acceptors (Lipinski definition) is 3. The second-order valence-corrected chi connectivity index (χ2v) is 14.5. The van der Waals surface area contributed by atoms with Gasteiger partial charge in [0.1, 0.15) is 16.9 Å². The third-order valence-electron chi connectivity index (χ3n) is 11.6. The van der Waals surface area contributed by atoms with Gasteiger partial charge in [0, 0.05) is 38.9 Å². The van der Waals surface area contributed by atoms with Crippen LogP contribution in [0.5, 0.6) is 0 Å². The van der Waals surface area contributed by atoms with Crippen molar-refractivity contribution in [1.82, 2.24) is 14.5 Å². The largest absolute Gasteiger partial charge is 0.456 e. The van der Waals surface area contributed by atoms with Gasteiger partial charge in [-0.3, -0.25) is 4.57 Å². The minimum absolute atomic E-state index is 0.0759. The van der Waals surface area contributed by atoms with E-state index in [0.29, 0.717) is 0 Å². The van der Waals surface area contributed by atoms with Crippen molar-refractivity contribution in [2.24, 2.45) is 0 Å². The van der Waals surface area contributed by atoms with Crippen molar-refractivity contribution >= 4 is 65.6 Å². The van der Waals surface area contributed by atoms with Crippen LogP contribution in [0.4, 0.5) is 0 Å². The van der Waals surface area contributed by atoms with Gasteiger partial charge in [-0.15, -0.1) is 0 Å². The van der Waals surface area contributed by atoms with E-state index in [9.17, 15) is 0 Å². The first-order valence-corrected chi connectivity index (χ1v) is 18.6. The van der Waals surface area contributed by atoms with Gasteiger partial charge in [-0.1, -0.05) is 133 Å². The van der Waals surface area contributed by atoms with Gasteiger partial charge in [0.05, 0.1) is 22.1 Å². The van der Waals surface area contributed by atoms with Gasteiger partial charge in [0.15, 0.2) is 5.82 Å². The molecule has 54 heavy (non-hydrogen) atoms. The predicted molar refractivity (Wildman–Crippen MR) is 221 cm³/mol. The molecule has 1 aliphatic rings. The second kappa shape index (κ2) is 11.2. The number of furan rings is 1. The molecule has 0 radical (unpaired) electrons. The predicted octanol–water partition coefficient (Wildman–Crippen LogP) is 12.7. The first-order chi connectivity index (χ1) is 26.8. The Morgan fingerprint density at radius 3 is 1.85 bits per heavy atom. The topological polar surface area (TPSA) is 43.9 Å². The van der Waals surface area contributed by atoms with E-state index in [0.717, 1.165) is 61.1 Å². The minimum Gasteiger partial charge on any atom is -0.456 e. The van der Waals surface area contributed by atoms with Gasteiger partial charge in [0.2, 0.25) is 0 Å². The SMILES string of the molecule is c1ccc(C2c3cccc4ccc5c(c34)c3c(cccc3n5-c3nc4ccccc4nc3-c3ccc4c(c3)oc3ccccc34)C2c2ccccc2)cc1. The number of nitrogens with zero attached hydrogens (tertiary/aromatic N) is 3. The van der Waals surface area contributed by atoms with E-state index in [2.05, 4.69) is 150 Å². The molecule has 0 amide bonds. The number of para-hydroxylation sites is 3. The van der Waals surface area contributed by atoms with E-state index in [4.69, 9.17) is 14.4 Å². The molecule has 8 aromatic carbocycles. The fourth-order valence-electron chi connectivity index (χ4n) is 9.37. The fourth-order valence-corrected chi connectivity index (χ4v) is 9.37. The highest BCUT2D eigenvalue weighted by Crippen LogP contribution is 2.53. The van der Waals surface area contributed by atoms with Crippen LogP contribution in [-0.2, 0) is 0 Å². The molecule has 3 heterocycles. The summed E-state index contributed by atoms with van der Waals surface area (Å²) in [7, 11) is 0. The Bertz CT molecular complexity index is 3290. The molecule has 11 aromatic rings. The van der Waals surface area contributed by atoms with Crippen LogP contribution in [0.15, 0.2) is 180 Å². The molecule has 0 bridgehead atoms. The number of fused-ring (bicyclic) bond motifs is 4. The van der Waals surface area contributed by atoms with Gasteiger partial charge in [-0.2, -0.15) is 0 Å². The van der Waals surface area contributed by atoms with Gasteiger partial charge < -0.3 is 4.42 Å². The second-order valence-electron chi connectivity index (χ2n) is 14.5. The Hall–Kier alpha value is -7.04. The van der Waals surface area contributed by atoms with Crippen molar-refractivity contribution in [3.05, 3.63) is 198 Å². The maximum absolute atomic E-state index is 6.40. The van der Waals surface area contributed by atoms with E-state index in [-0.39, 0.29) is 11.8 Å². The molecule has 2 atom stereocenters. The van der Waals surface area contributed by atoms with Crippen molar-refractivity contribution < 1.29 is 4.42 Å². The molecule has 0 aliphatic heterocycles. The maximum atomic E-state index is 6.40. The summed E-state index contributed by atoms with van der Waals surface area (Å²) < 4.78 is 8.77. The summed E-state index contributed by atoms with van der Waals surface area (Å²) in [6.45, 7) is 0. The Kier molecular flexibility index (Phi) is 6.14. The summed E-state index contributed by atoms with van der Waals surface area (Å²) in [5.74, 6) is 0.988. The first kappa shape index (κ1) is 29.5. The minimum atomic E-state index is 0.0759. The van der Waals surface area contributed by atoms with Crippen molar-refractivity contribution in [2.75, 3.05) is 0 Å². The van der Waals surface area contributed by atoms with Crippen LogP contribution < -0.4 is 0 Å². The number of hydrogen-bond donors (Lipinski definition) is 0. The van der Waals surface area contributed by atoms with E-state index in [1.54, 1.807) is 0 Å². The molecule has 3 aromatic heterocycles. The number of benzene rings is 8. The van der Waals surface area contributed by atoms with Crippen LogP contribution in [0.1, 0.15) is 34.1 Å². The Labute approximate surface area is 310 Å². The smallest absolute Gasteiger partial charge is 0.165 e. The lowest BCUT2D eigenvalue weighted by Crippen LogP contribution is -2.14. The summed E-state index contributed by atoms with van der Waals surface area (Å²) in [5, 5.41) is 7.28. The van der Waals surface area contributed by atoms with Crippen molar-refractivity contribution in [3.63, 3.8) is 0 Å². The Morgan fingerprint density at radius 1 is 0.444 bits per heavy atom. The number of rotatable bonds is 4. The fraction of sp³-hybridized carbons (Fsp3) is 0.0400. The summed E-state index contributed by atoms with van der Waals surface area (Å²) in [6, 6.07) is 63.2. The Morgan fingerprint density at radius 2 is 1.07 bits per heavy atom. The monoisotopic (exact) mass is 689 g/mol. The molecule has 0 saturated carbocycles. The zero-order valence-electron chi connectivity index (χ0n) is 29.1. The van der Waals surface area contributed by atoms with Gasteiger partial charge in [0.25, 0.3) is 0 Å². The van der Waals surface area contributed by atoms with Crippen LogP contribution in [-0.4, -0.2) is 14.5 Å². The van der Waals surface area contributed by atoms with Gasteiger partial charge in [-0.25, -0.2) is 9.97 Å². The summed E-state index contributed by atoms with van der Waals surface area (Å²) in [5.41, 5.74) is 12.7. The molecular formula is C50H31N3O. The van der Waals surface area contributed by atoms with Gasteiger partial charge >= 0.3 is 0 Å². The highest BCUT2D eigenvalue weighted by molar-refractivity contribution is 6.24. The molecule has 0 spiro atoms. The summed E-state index contributed by atoms with van der Waals surface area (Å²) in [4.78, 5) is 10.9. The van der Waals surface area contributed by atoms with Crippen LogP contribution in [0, 0.1) is 0 Å². The molecule has 0 fully saturated rings. The van der Waals surface area contributed by atoms with Crippen molar-refractivity contribution in [1.29, 1.82) is 0 Å². The molecule has 0 saturated heterocycles. The lowest BCUT2D eigenvalue weighted by atomic mass is 9.73. The molecule has 252 valence electrons. The number of aromatic nitrogens is 3. The average molecular weight is 690 g/mol. The lowest BCUT2D eigenvalue weighted by molar-refractivity contribution is 0.669. The van der Waals surface area contributed by atoms with Crippen LogP contribution in [0.3, 0.4) is 0 Å². The van der Waals surface area contributed by atoms with Crippen LogP contribution in [0.2, 0.25) is 0 Å². The molecule has 1 aliphatic carbocycles. The van der Waals surface area contributed by atoms with Crippen LogP contribution >= 0.6 is 0 Å². The quantitative estimate of drug-likeness (QED) is 0.185. The Balaban J connectivity index is 1.22.